The number of phenols is 1. The Morgan fingerprint density at radius 1 is 1.09 bits per heavy atom. The maximum atomic E-state index is 13.6. The minimum Gasteiger partial charge on any atom is -0.508 e. The molecule has 114 valence electrons. The molecule has 5 nitrogen and oxygen atoms in total. The highest BCUT2D eigenvalue weighted by Crippen LogP contribution is 2.19. The van der Waals surface area contributed by atoms with Crippen LogP contribution in [0.25, 0.3) is 0 Å². The van der Waals surface area contributed by atoms with E-state index in [9.17, 15) is 14.0 Å². The number of anilines is 2. The fraction of sp³-hybridized carbons (Fsp3) is 0.125. The number of nitrogens with one attached hydrogen (secondary N) is 2. The summed E-state index contributed by atoms with van der Waals surface area (Å²) in [6.07, 6.45) is 0.343. The average molecular weight is 302 g/mol. The van der Waals surface area contributed by atoms with Crippen LogP contribution in [0.4, 0.5) is 15.8 Å². The third-order valence-electron chi connectivity index (χ3n) is 2.92. The molecule has 0 spiro atoms. The van der Waals surface area contributed by atoms with Gasteiger partial charge in [-0.2, -0.15) is 0 Å². The van der Waals surface area contributed by atoms with E-state index in [1.165, 1.54) is 12.1 Å². The molecule has 2 rings (SSSR count). The van der Waals surface area contributed by atoms with Crippen molar-refractivity contribution in [1.29, 1.82) is 0 Å². The van der Waals surface area contributed by atoms with Crippen molar-refractivity contribution in [3.8, 4) is 5.75 Å². The highest BCUT2D eigenvalue weighted by atomic mass is 19.1. The van der Waals surface area contributed by atoms with Crippen molar-refractivity contribution in [2.45, 2.75) is 13.3 Å². The molecule has 0 heterocycles. The van der Waals surface area contributed by atoms with Crippen LogP contribution in [0, 0.1) is 5.82 Å². The normalized spacial score (nSPS) is 10.1. The number of rotatable bonds is 4. The number of aromatic hydroxyl groups is 1. The van der Waals surface area contributed by atoms with Gasteiger partial charge in [0.05, 0.1) is 5.56 Å². The van der Waals surface area contributed by atoms with Gasteiger partial charge >= 0.3 is 0 Å². The Balaban J connectivity index is 2.14. The molecule has 0 unspecified atom stereocenters. The first-order chi connectivity index (χ1) is 10.5. The zero-order chi connectivity index (χ0) is 16.1. The molecule has 0 aliphatic heterocycles. The lowest BCUT2D eigenvalue weighted by Crippen LogP contribution is -2.14. The summed E-state index contributed by atoms with van der Waals surface area (Å²) >= 11 is 0. The Labute approximate surface area is 126 Å². The fourth-order valence-corrected chi connectivity index (χ4v) is 1.81. The second kappa shape index (κ2) is 6.71. The summed E-state index contributed by atoms with van der Waals surface area (Å²) in [7, 11) is 0. The zero-order valence-electron chi connectivity index (χ0n) is 11.9. The van der Waals surface area contributed by atoms with Crippen LogP contribution in [0.15, 0.2) is 42.5 Å². The van der Waals surface area contributed by atoms with E-state index in [1.807, 2.05) is 0 Å². The van der Waals surface area contributed by atoms with E-state index in [0.717, 1.165) is 6.07 Å². The van der Waals surface area contributed by atoms with E-state index in [0.29, 0.717) is 17.8 Å². The fourth-order valence-electron chi connectivity index (χ4n) is 1.81. The lowest BCUT2D eigenvalue weighted by molar-refractivity contribution is -0.115. The van der Waals surface area contributed by atoms with Crippen molar-refractivity contribution in [1.82, 2.24) is 0 Å². The number of carbonyl (C=O) groups is 2. The monoisotopic (exact) mass is 302 g/mol. The number of hydrogen-bond acceptors (Lipinski definition) is 3. The zero-order valence-corrected chi connectivity index (χ0v) is 11.9. The molecule has 0 saturated heterocycles. The number of carbonyl (C=O) groups excluding carboxylic acids is 2. The summed E-state index contributed by atoms with van der Waals surface area (Å²) < 4.78 is 13.6. The smallest absolute Gasteiger partial charge is 0.258 e. The summed E-state index contributed by atoms with van der Waals surface area (Å²) in [6.45, 7) is 1.73. The molecule has 0 aliphatic carbocycles. The topological polar surface area (TPSA) is 78.4 Å². The first kappa shape index (κ1) is 15.5. The second-order valence-electron chi connectivity index (χ2n) is 4.60. The van der Waals surface area contributed by atoms with Gasteiger partial charge < -0.3 is 15.7 Å². The van der Waals surface area contributed by atoms with Crippen LogP contribution in [0.2, 0.25) is 0 Å². The molecular formula is C16H15FN2O3. The minimum absolute atomic E-state index is 0.145. The van der Waals surface area contributed by atoms with Crippen molar-refractivity contribution in [2.24, 2.45) is 0 Å². The van der Waals surface area contributed by atoms with Crippen LogP contribution in [0.1, 0.15) is 23.7 Å². The number of phenolic OH excluding ortho intramolecular Hbond substituents is 1. The first-order valence-corrected chi connectivity index (χ1v) is 6.69. The SMILES string of the molecule is CCC(=O)Nc1cccc(NC(=O)c2ccc(O)cc2F)c1. The molecule has 0 bridgehead atoms. The van der Waals surface area contributed by atoms with Crippen molar-refractivity contribution >= 4 is 23.2 Å². The van der Waals surface area contributed by atoms with Crippen LogP contribution in [0.5, 0.6) is 5.75 Å². The average Bonchev–Trinajstić information content (AvgIpc) is 2.47. The summed E-state index contributed by atoms with van der Waals surface area (Å²) in [5.41, 5.74) is 0.781. The van der Waals surface area contributed by atoms with E-state index in [2.05, 4.69) is 10.6 Å². The second-order valence-corrected chi connectivity index (χ2v) is 4.60. The van der Waals surface area contributed by atoms with Crippen LogP contribution < -0.4 is 10.6 Å². The van der Waals surface area contributed by atoms with Crippen molar-refractivity contribution in [3.05, 3.63) is 53.8 Å². The summed E-state index contributed by atoms with van der Waals surface area (Å²) in [4.78, 5) is 23.4. The van der Waals surface area contributed by atoms with E-state index >= 15 is 0 Å². The van der Waals surface area contributed by atoms with Crippen molar-refractivity contribution in [3.63, 3.8) is 0 Å². The number of benzene rings is 2. The van der Waals surface area contributed by atoms with Gasteiger partial charge in [0, 0.05) is 23.9 Å². The molecule has 2 amide bonds. The van der Waals surface area contributed by atoms with E-state index < -0.39 is 11.7 Å². The van der Waals surface area contributed by atoms with Gasteiger partial charge in [-0.1, -0.05) is 13.0 Å². The third-order valence-corrected chi connectivity index (χ3v) is 2.92. The molecule has 0 saturated carbocycles. The van der Waals surface area contributed by atoms with Crippen LogP contribution in [0.3, 0.4) is 0 Å². The quantitative estimate of drug-likeness (QED) is 0.812. The molecule has 6 heteroatoms. The third kappa shape index (κ3) is 3.82. The first-order valence-electron chi connectivity index (χ1n) is 6.69. The Bertz CT molecular complexity index is 716. The van der Waals surface area contributed by atoms with Crippen LogP contribution in [-0.4, -0.2) is 16.9 Å². The van der Waals surface area contributed by atoms with E-state index in [1.54, 1.807) is 31.2 Å². The molecule has 2 aromatic carbocycles. The molecular weight excluding hydrogens is 287 g/mol. The van der Waals surface area contributed by atoms with Gasteiger partial charge in [-0.05, 0) is 30.3 Å². The van der Waals surface area contributed by atoms with Gasteiger partial charge in [-0.15, -0.1) is 0 Å². The molecule has 0 fully saturated rings. The van der Waals surface area contributed by atoms with Crippen molar-refractivity contribution < 1.29 is 19.1 Å². The lowest BCUT2D eigenvalue weighted by Gasteiger charge is -2.09. The number of hydrogen-bond donors (Lipinski definition) is 3. The Morgan fingerprint density at radius 3 is 2.41 bits per heavy atom. The van der Waals surface area contributed by atoms with Crippen molar-refractivity contribution in [2.75, 3.05) is 10.6 Å². The van der Waals surface area contributed by atoms with E-state index in [4.69, 9.17) is 5.11 Å². The highest BCUT2D eigenvalue weighted by Gasteiger charge is 2.12. The van der Waals surface area contributed by atoms with Crippen LogP contribution >= 0.6 is 0 Å². The molecule has 3 N–H and O–H groups in total. The summed E-state index contributed by atoms with van der Waals surface area (Å²) in [5.74, 6) is -1.85. The van der Waals surface area contributed by atoms with Gasteiger partial charge in [-0.25, -0.2) is 4.39 Å². The minimum atomic E-state index is -0.812. The predicted molar refractivity (Wildman–Crippen MR) is 81.4 cm³/mol. The Hall–Kier alpha value is -2.89. The van der Waals surface area contributed by atoms with Crippen LogP contribution in [-0.2, 0) is 4.79 Å². The standard InChI is InChI=1S/C16H15FN2O3/c1-2-15(21)18-10-4-3-5-11(8-10)19-16(22)13-7-6-12(20)9-14(13)17/h3-9,20H,2H2,1H3,(H,18,21)(H,19,22). The molecule has 0 atom stereocenters. The van der Waals surface area contributed by atoms with Gasteiger partial charge in [0.15, 0.2) is 0 Å². The molecule has 2 aromatic rings. The Morgan fingerprint density at radius 2 is 1.77 bits per heavy atom. The highest BCUT2D eigenvalue weighted by molar-refractivity contribution is 6.05. The summed E-state index contributed by atoms with van der Waals surface area (Å²) in [5, 5.41) is 14.3. The van der Waals surface area contributed by atoms with Gasteiger partial charge in [0.2, 0.25) is 5.91 Å². The predicted octanol–water partition coefficient (Wildman–Crippen LogP) is 3.13. The van der Waals surface area contributed by atoms with Gasteiger partial charge in [0.25, 0.3) is 5.91 Å². The number of halogens is 1. The molecule has 0 aromatic heterocycles. The summed E-state index contributed by atoms with van der Waals surface area (Å²) in [6, 6.07) is 9.84. The maximum absolute atomic E-state index is 13.6. The Kier molecular flexibility index (Phi) is 4.73. The maximum Gasteiger partial charge on any atom is 0.258 e. The lowest BCUT2D eigenvalue weighted by atomic mass is 10.2. The largest absolute Gasteiger partial charge is 0.508 e. The van der Waals surface area contributed by atoms with Gasteiger partial charge in [0.1, 0.15) is 11.6 Å². The molecule has 0 radical (unpaired) electrons. The molecule has 0 aliphatic rings. The van der Waals surface area contributed by atoms with Gasteiger partial charge in [-0.3, -0.25) is 9.59 Å². The number of amides is 2. The van der Waals surface area contributed by atoms with E-state index in [-0.39, 0.29) is 17.2 Å². The molecule has 22 heavy (non-hydrogen) atoms.